The molecule has 8 nitrogen and oxygen atoms in total. The van der Waals surface area contributed by atoms with Gasteiger partial charge >= 0.3 is 0 Å². The molecule has 1 atom stereocenters. The zero-order valence-corrected chi connectivity index (χ0v) is 18.9. The van der Waals surface area contributed by atoms with Gasteiger partial charge in [-0.05, 0) is 56.5 Å². The molecule has 1 aliphatic carbocycles. The van der Waals surface area contributed by atoms with Crippen LogP contribution in [0.15, 0.2) is 53.3 Å². The van der Waals surface area contributed by atoms with Crippen LogP contribution in [0.25, 0.3) is 10.9 Å². The van der Waals surface area contributed by atoms with E-state index in [2.05, 4.69) is 20.6 Å². The number of carbonyl (C=O) groups is 2. The first-order valence-corrected chi connectivity index (χ1v) is 11.4. The molecular formula is C25H29N5O3. The molecule has 3 aromatic rings. The number of amides is 2. The highest BCUT2D eigenvalue weighted by atomic mass is 16.2. The Morgan fingerprint density at radius 3 is 2.73 bits per heavy atom. The second kappa shape index (κ2) is 9.95. The highest BCUT2D eigenvalue weighted by Gasteiger charge is 2.24. The Hall–Kier alpha value is -3.52. The number of benzene rings is 2. The summed E-state index contributed by atoms with van der Waals surface area (Å²) in [6.07, 6.45) is 2.87. The summed E-state index contributed by atoms with van der Waals surface area (Å²) in [5.41, 5.74) is 1.54. The normalized spacial score (nSPS) is 14.3. The molecule has 0 saturated heterocycles. The number of rotatable bonds is 9. The summed E-state index contributed by atoms with van der Waals surface area (Å²) >= 11 is 0. The Morgan fingerprint density at radius 1 is 1.18 bits per heavy atom. The van der Waals surface area contributed by atoms with Crippen LogP contribution >= 0.6 is 0 Å². The third-order valence-electron chi connectivity index (χ3n) is 5.90. The monoisotopic (exact) mass is 447 g/mol. The first-order chi connectivity index (χ1) is 15.9. The molecule has 1 aliphatic rings. The standard InChI is InChI=1S/C25H29N5O3/c1-3-16(2)30(14-22-28-21-10-5-4-9-20(21)25(33)29-22)15-23(31)26-19-8-6-7-17(13-19)24(32)27-18-11-12-18/h4-10,13,16,18H,3,11-12,14-15H2,1-2H3,(H,26,31)(H,27,32)(H,28,29,33). The van der Waals surface area contributed by atoms with Gasteiger partial charge in [0.1, 0.15) is 5.82 Å². The van der Waals surface area contributed by atoms with E-state index in [1.54, 1.807) is 42.5 Å². The fraction of sp³-hybridized carbons (Fsp3) is 0.360. The summed E-state index contributed by atoms with van der Waals surface area (Å²) in [5.74, 6) is 0.199. The number of fused-ring (bicyclic) bond motifs is 1. The Morgan fingerprint density at radius 2 is 1.97 bits per heavy atom. The molecule has 8 heteroatoms. The van der Waals surface area contributed by atoms with E-state index in [9.17, 15) is 14.4 Å². The maximum atomic E-state index is 12.8. The third kappa shape index (κ3) is 5.84. The van der Waals surface area contributed by atoms with Gasteiger partial charge in [0.2, 0.25) is 5.91 Å². The summed E-state index contributed by atoms with van der Waals surface area (Å²) in [7, 11) is 0. The molecule has 0 aliphatic heterocycles. The van der Waals surface area contributed by atoms with Crippen LogP contribution in [-0.4, -0.2) is 45.3 Å². The van der Waals surface area contributed by atoms with Gasteiger partial charge in [-0.1, -0.05) is 25.1 Å². The molecule has 2 amide bonds. The molecular weight excluding hydrogens is 418 g/mol. The van der Waals surface area contributed by atoms with Crippen molar-refractivity contribution in [3.63, 3.8) is 0 Å². The lowest BCUT2D eigenvalue weighted by Crippen LogP contribution is -2.39. The minimum Gasteiger partial charge on any atom is -0.349 e. The number of anilines is 1. The lowest BCUT2D eigenvalue weighted by molar-refractivity contribution is -0.118. The third-order valence-corrected chi connectivity index (χ3v) is 5.90. The van der Waals surface area contributed by atoms with E-state index in [4.69, 9.17) is 0 Å². The summed E-state index contributed by atoms with van der Waals surface area (Å²) in [6.45, 7) is 4.56. The Balaban J connectivity index is 1.45. The molecule has 33 heavy (non-hydrogen) atoms. The topological polar surface area (TPSA) is 107 Å². The smallest absolute Gasteiger partial charge is 0.258 e. The first kappa shape index (κ1) is 22.7. The lowest BCUT2D eigenvalue weighted by Gasteiger charge is -2.27. The van der Waals surface area contributed by atoms with Gasteiger partial charge in [0.15, 0.2) is 0 Å². The number of para-hydroxylation sites is 1. The first-order valence-electron chi connectivity index (χ1n) is 11.4. The van der Waals surface area contributed by atoms with Crippen LogP contribution in [-0.2, 0) is 11.3 Å². The quantitative estimate of drug-likeness (QED) is 0.467. The maximum Gasteiger partial charge on any atom is 0.258 e. The Bertz CT molecular complexity index is 1220. The summed E-state index contributed by atoms with van der Waals surface area (Å²) in [4.78, 5) is 46.9. The van der Waals surface area contributed by atoms with Gasteiger partial charge in [-0.2, -0.15) is 0 Å². The molecule has 0 spiro atoms. The fourth-order valence-corrected chi connectivity index (χ4v) is 3.65. The largest absolute Gasteiger partial charge is 0.349 e. The van der Waals surface area contributed by atoms with Crippen LogP contribution in [0.4, 0.5) is 5.69 Å². The van der Waals surface area contributed by atoms with Crippen molar-refractivity contribution in [2.45, 2.75) is 51.7 Å². The average Bonchev–Trinajstić information content (AvgIpc) is 3.62. The van der Waals surface area contributed by atoms with Crippen molar-refractivity contribution < 1.29 is 9.59 Å². The van der Waals surface area contributed by atoms with Gasteiger partial charge in [-0.3, -0.25) is 19.3 Å². The number of carbonyl (C=O) groups excluding carboxylic acids is 2. The molecule has 3 N–H and O–H groups in total. The van der Waals surface area contributed by atoms with Crippen molar-refractivity contribution in [1.29, 1.82) is 0 Å². The summed E-state index contributed by atoms with van der Waals surface area (Å²) in [6, 6.07) is 14.5. The SMILES string of the molecule is CCC(C)N(CC(=O)Nc1cccc(C(=O)NC2CC2)c1)Cc1nc2ccccc2c(=O)[nH]1. The molecule has 0 radical (unpaired) electrons. The minimum atomic E-state index is -0.196. The molecule has 1 fully saturated rings. The number of nitrogens with zero attached hydrogens (tertiary/aromatic N) is 2. The van der Waals surface area contributed by atoms with Crippen molar-refractivity contribution in [3.05, 3.63) is 70.3 Å². The molecule has 1 aromatic heterocycles. The molecule has 0 bridgehead atoms. The van der Waals surface area contributed by atoms with Crippen molar-refractivity contribution in [2.24, 2.45) is 0 Å². The van der Waals surface area contributed by atoms with Crippen LogP contribution in [0.3, 0.4) is 0 Å². The predicted octanol–water partition coefficient (Wildman–Crippen LogP) is 3.05. The van der Waals surface area contributed by atoms with E-state index in [1.807, 2.05) is 24.8 Å². The molecule has 1 saturated carbocycles. The number of nitrogens with one attached hydrogen (secondary N) is 3. The highest BCUT2D eigenvalue weighted by Crippen LogP contribution is 2.20. The second-order valence-corrected chi connectivity index (χ2v) is 8.57. The molecule has 1 heterocycles. The van der Waals surface area contributed by atoms with Gasteiger partial charge in [0, 0.05) is 23.3 Å². The van der Waals surface area contributed by atoms with Gasteiger partial charge in [0.05, 0.1) is 24.0 Å². The van der Waals surface area contributed by atoms with Gasteiger partial charge < -0.3 is 15.6 Å². The maximum absolute atomic E-state index is 12.8. The van der Waals surface area contributed by atoms with Crippen molar-refractivity contribution in [1.82, 2.24) is 20.2 Å². The highest BCUT2D eigenvalue weighted by molar-refractivity contribution is 5.97. The fourth-order valence-electron chi connectivity index (χ4n) is 3.65. The zero-order valence-electron chi connectivity index (χ0n) is 18.9. The van der Waals surface area contributed by atoms with E-state index >= 15 is 0 Å². The van der Waals surface area contributed by atoms with E-state index in [-0.39, 0.29) is 36.0 Å². The van der Waals surface area contributed by atoms with Crippen LogP contribution in [0.2, 0.25) is 0 Å². The number of hydrogen-bond acceptors (Lipinski definition) is 5. The number of aromatic amines is 1. The van der Waals surface area contributed by atoms with Crippen LogP contribution in [0, 0.1) is 0 Å². The Kier molecular flexibility index (Phi) is 6.84. The molecule has 172 valence electrons. The summed E-state index contributed by atoms with van der Waals surface area (Å²) < 4.78 is 0. The molecule has 2 aromatic carbocycles. The number of H-pyrrole nitrogens is 1. The second-order valence-electron chi connectivity index (χ2n) is 8.57. The zero-order chi connectivity index (χ0) is 23.4. The van der Waals surface area contributed by atoms with Crippen molar-refractivity contribution in [3.8, 4) is 0 Å². The Labute approximate surface area is 192 Å². The molecule has 4 rings (SSSR count). The van der Waals surface area contributed by atoms with E-state index in [1.165, 1.54) is 0 Å². The van der Waals surface area contributed by atoms with Gasteiger partial charge in [-0.15, -0.1) is 0 Å². The van der Waals surface area contributed by atoms with E-state index in [0.29, 0.717) is 34.5 Å². The van der Waals surface area contributed by atoms with Crippen LogP contribution in [0.5, 0.6) is 0 Å². The minimum absolute atomic E-state index is 0.100. The number of hydrogen-bond donors (Lipinski definition) is 3. The van der Waals surface area contributed by atoms with Crippen molar-refractivity contribution in [2.75, 3.05) is 11.9 Å². The van der Waals surface area contributed by atoms with E-state index < -0.39 is 0 Å². The molecule has 1 unspecified atom stereocenters. The average molecular weight is 448 g/mol. The van der Waals surface area contributed by atoms with E-state index in [0.717, 1.165) is 19.3 Å². The van der Waals surface area contributed by atoms with Crippen LogP contribution in [0.1, 0.15) is 49.3 Å². The lowest BCUT2D eigenvalue weighted by atomic mass is 10.2. The summed E-state index contributed by atoms with van der Waals surface area (Å²) in [5, 5.41) is 6.38. The van der Waals surface area contributed by atoms with Gasteiger partial charge in [0.25, 0.3) is 11.5 Å². The van der Waals surface area contributed by atoms with Crippen LogP contribution < -0.4 is 16.2 Å². The van der Waals surface area contributed by atoms with Gasteiger partial charge in [-0.25, -0.2) is 4.98 Å². The van der Waals surface area contributed by atoms with Crippen molar-refractivity contribution >= 4 is 28.4 Å². The number of aromatic nitrogens is 2. The predicted molar refractivity (Wildman–Crippen MR) is 128 cm³/mol.